The lowest BCUT2D eigenvalue weighted by Gasteiger charge is -2.22. The maximum atomic E-state index is 12.2. The van der Waals surface area contributed by atoms with Crippen molar-refractivity contribution in [3.05, 3.63) is 11.5 Å². The summed E-state index contributed by atoms with van der Waals surface area (Å²) in [6.45, 7) is 3.84. The largest absolute Gasteiger partial charge is 0.505 e. The molecule has 1 heterocycles. The van der Waals surface area contributed by atoms with E-state index in [0.29, 0.717) is 12.8 Å². The molecule has 0 bridgehead atoms. The Morgan fingerprint density at radius 1 is 0.900 bits per heavy atom. The summed E-state index contributed by atoms with van der Waals surface area (Å²) in [5.74, 6) is -3.76. The zero-order valence-corrected chi connectivity index (χ0v) is 18.2. The van der Waals surface area contributed by atoms with Crippen molar-refractivity contribution in [2.24, 2.45) is 0 Å². The topological polar surface area (TPSA) is 119 Å². The molecule has 0 amide bonds. The third-order valence-electron chi connectivity index (χ3n) is 4.94. The van der Waals surface area contributed by atoms with Crippen LogP contribution in [0.3, 0.4) is 0 Å². The highest BCUT2D eigenvalue weighted by Crippen LogP contribution is 2.24. The fraction of sp³-hybridized carbons (Fsp3) is 0.773. The van der Waals surface area contributed by atoms with Crippen LogP contribution in [0.1, 0.15) is 90.9 Å². The molecular formula is C22H36O8. The Morgan fingerprint density at radius 2 is 1.43 bits per heavy atom. The standard InChI is InChI=1S/C22H36O8/c1-3-5-7-9-11-13-17(23)28-15-16(21-19(25)20(26)22(27)30-21)29-18(24)14-12-10-8-6-4-2/h16,21,25-26H,3-15H2,1-2H3/t16-,21+/m0/s1. The van der Waals surface area contributed by atoms with Gasteiger partial charge in [-0.1, -0.05) is 65.2 Å². The predicted molar refractivity (Wildman–Crippen MR) is 110 cm³/mol. The third kappa shape index (κ3) is 9.50. The summed E-state index contributed by atoms with van der Waals surface area (Å²) in [4.78, 5) is 35.6. The summed E-state index contributed by atoms with van der Waals surface area (Å²) in [5.41, 5.74) is 0. The lowest BCUT2D eigenvalue weighted by atomic mass is 10.1. The van der Waals surface area contributed by atoms with Crippen molar-refractivity contribution in [1.82, 2.24) is 0 Å². The maximum absolute atomic E-state index is 12.2. The molecule has 172 valence electrons. The number of aliphatic hydroxyl groups is 2. The Morgan fingerprint density at radius 3 is 1.93 bits per heavy atom. The zero-order chi connectivity index (χ0) is 22.4. The number of hydrogen-bond donors (Lipinski definition) is 2. The molecular weight excluding hydrogens is 392 g/mol. The second-order valence-electron chi connectivity index (χ2n) is 7.60. The van der Waals surface area contributed by atoms with Crippen LogP contribution in [-0.2, 0) is 28.6 Å². The number of unbranched alkanes of at least 4 members (excludes halogenated alkanes) is 8. The van der Waals surface area contributed by atoms with E-state index < -0.39 is 41.6 Å². The number of carbonyl (C=O) groups excluding carboxylic acids is 3. The smallest absolute Gasteiger partial charge is 0.378 e. The van der Waals surface area contributed by atoms with Crippen LogP contribution in [0.25, 0.3) is 0 Å². The molecule has 0 aromatic heterocycles. The second-order valence-corrected chi connectivity index (χ2v) is 7.60. The van der Waals surface area contributed by atoms with E-state index in [1.807, 2.05) is 0 Å². The number of carbonyl (C=O) groups is 3. The fourth-order valence-corrected chi connectivity index (χ4v) is 3.12. The summed E-state index contributed by atoms with van der Waals surface area (Å²) in [7, 11) is 0. The van der Waals surface area contributed by atoms with Crippen LogP contribution in [0, 0.1) is 0 Å². The zero-order valence-electron chi connectivity index (χ0n) is 18.2. The van der Waals surface area contributed by atoms with Gasteiger partial charge in [-0.05, 0) is 12.8 Å². The van der Waals surface area contributed by atoms with Gasteiger partial charge < -0.3 is 24.4 Å². The van der Waals surface area contributed by atoms with Crippen LogP contribution in [0.4, 0.5) is 0 Å². The van der Waals surface area contributed by atoms with Crippen molar-refractivity contribution in [2.45, 2.75) is 103 Å². The minimum absolute atomic E-state index is 0.169. The molecule has 2 N–H and O–H groups in total. The molecule has 2 atom stereocenters. The second kappa shape index (κ2) is 14.7. The molecule has 30 heavy (non-hydrogen) atoms. The molecule has 1 rings (SSSR count). The van der Waals surface area contributed by atoms with Crippen molar-refractivity contribution in [3.63, 3.8) is 0 Å². The van der Waals surface area contributed by atoms with E-state index in [1.54, 1.807) is 0 Å². The molecule has 0 fully saturated rings. The van der Waals surface area contributed by atoms with Crippen LogP contribution < -0.4 is 0 Å². The Labute approximate surface area is 178 Å². The molecule has 8 heteroatoms. The predicted octanol–water partition coefficient (Wildman–Crippen LogP) is 4.42. The van der Waals surface area contributed by atoms with Crippen molar-refractivity contribution in [2.75, 3.05) is 6.61 Å². The Hall–Kier alpha value is -2.25. The first-order valence-electron chi connectivity index (χ1n) is 11.1. The number of cyclic esters (lactones) is 1. The first-order chi connectivity index (χ1) is 14.4. The molecule has 1 aliphatic rings. The van der Waals surface area contributed by atoms with E-state index in [2.05, 4.69) is 13.8 Å². The number of rotatable bonds is 16. The average molecular weight is 429 g/mol. The summed E-state index contributed by atoms with van der Waals surface area (Å²) >= 11 is 0. The fourth-order valence-electron chi connectivity index (χ4n) is 3.12. The molecule has 8 nitrogen and oxygen atoms in total. The normalized spacial score (nSPS) is 17.0. The van der Waals surface area contributed by atoms with Gasteiger partial charge in [-0.25, -0.2) is 4.79 Å². The van der Waals surface area contributed by atoms with E-state index in [4.69, 9.17) is 14.2 Å². The summed E-state index contributed by atoms with van der Waals surface area (Å²) < 4.78 is 15.4. The quantitative estimate of drug-likeness (QED) is 0.211. The van der Waals surface area contributed by atoms with Gasteiger partial charge >= 0.3 is 17.9 Å². The highest BCUT2D eigenvalue weighted by Gasteiger charge is 2.42. The first-order valence-corrected chi connectivity index (χ1v) is 11.1. The van der Waals surface area contributed by atoms with Gasteiger partial charge in [-0.2, -0.15) is 0 Å². The summed E-state index contributed by atoms with van der Waals surface area (Å²) in [6.07, 6.45) is 7.48. The van der Waals surface area contributed by atoms with Crippen LogP contribution in [0.5, 0.6) is 0 Å². The number of hydrogen-bond acceptors (Lipinski definition) is 8. The lowest BCUT2D eigenvalue weighted by Crippen LogP contribution is -2.38. The average Bonchev–Trinajstić information content (AvgIpc) is 2.98. The third-order valence-corrected chi connectivity index (χ3v) is 4.94. The minimum atomic E-state index is -1.39. The van der Waals surface area contributed by atoms with E-state index in [-0.39, 0.29) is 19.4 Å². The molecule has 0 aromatic rings. The van der Waals surface area contributed by atoms with Gasteiger partial charge in [0.1, 0.15) is 6.61 Å². The van der Waals surface area contributed by atoms with Crippen molar-refractivity contribution < 1.29 is 38.8 Å². The van der Waals surface area contributed by atoms with Gasteiger partial charge in [0, 0.05) is 12.8 Å². The van der Waals surface area contributed by atoms with Crippen molar-refractivity contribution in [1.29, 1.82) is 0 Å². The van der Waals surface area contributed by atoms with Gasteiger partial charge in [-0.15, -0.1) is 0 Å². The molecule has 0 radical (unpaired) electrons. The molecule has 0 aromatic carbocycles. The van der Waals surface area contributed by atoms with Crippen LogP contribution in [-0.4, -0.2) is 46.9 Å². The maximum Gasteiger partial charge on any atom is 0.378 e. The summed E-state index contributed by atoms with van der Waals surface area (Å²) in [6, 6.07) is 0. The van der Waals surface area contributed by atoms with E-state index in [9.17, 15) is 24.6 Å². The van der Waals surface area contributed by atoms with Crippen molar-refractivity contribution >= 4 is 17.9 Å². The van der Waals surface area contributed by atoms with Crippen LogP contribution >= 0.6 is 0 Å². The Balaban J connectivity index is 2.54. The van der Waals surface area contributed by atoms with E-state index >= 15 is 0 Å². The molecule has 0 unspecified atom stereocenters. The highest BCUT2D eigenvalue weighted by atomic mass is 16.6. The van der Waals surface area contributed by atoms with E-state index in [0.717, 1.165) is 51.4 Å². The van der Waals surface area contributed by atoms with Crippen molar-refractivity contribution in [3.8, 4) is 0 Å². The minimum Gasteiger partial charge on any atom is -0.505 e. The van der Waals surface area contributed by atoms with Crippen LogP contribution in [0.15, 0.2) is 11.5 Å². The van der Waals surface area contributed by atoms with Crippen LogP contribution in [0.2, 0.25) is 0 Å². The van der Waals surface area contributed by atoms with Gasteiger partial charge in [0.15, 0.2) is 11.9 Å². The van der Waals surface area contributed by atoms with E-state index in [1.165, 1.54) is 0 Å². The van der Waals surface area contributed by atoms with Gasteiger partial charge in [0.25, 0.3) is 0 Å². The molecule has 0 saturated heterocycles. The lowest BCUT2D eigenvalue weighted by molar-refractivity contribution is -0.171. The van der Waals surface area contributed by atoms with Gasteiger partial charge in [-0.3, -0.25) is 9.59 Å². The molecule has 0 spiro atoms. The molecule has 0 aliphatic carbocycles. The van der Waals surface area contributed by atoms with Gasteiger partial charge in [0.05, 0.1) is 0 Å². The van der Waals surface area contributed by atoms with Gasteiger partial charge in [0.2, 0.25) is 11.9 Å². The number of esters is 3. The molecule has 0 saturated carbocycles. The monoisotopic (exact) mass is 428 g/mol. The highest BCUT2D eigenvalue weighted by molar-refractivity contribution is 5.89. The number of ether oxygens (including phenoxy) is 3. The Bertz CT molecular complexity index is 584. The summed E-state index contributed by atoms with van der Waals surface area (Å²) in [5, 5.41) is 19.4. The SMILES string of the molecule is CCCCCCCC(=O)OC[C@H](OC(=O)CCCCCCC)[C@H]1OC(=O)C(O)=C1O. The first kappa shape index (κ1) is 25.8. The molecule has 1 aliphatic heterocycles. The Kier molecular flexibility index (Phi) is 12.6. The number of aliphatic hydroxyl groups excluding tert-OH is 2.